The van der Waals surface area contributed by atoms with Crippen molar-refractivity contribution in [2.75, 3.05) is 13.2 Å². The highest BCUT2D eigenvalue weighted by atomic mass is 16.6. The number of ether oxygens (including phenoxy) is 1. The minimum absolute atomic E-state index is 0.177. The molecule has 3 heteroatoms. The van der Waals surface area contributed by atoms with Gasteiger partial charge < -0.3 is 4.74 Å². The summed E-state index contributed by atoms with van der Waals surface area (Å²) in [5, 5.41) is 0. The number of amides is 1. The number of carbonyl (C=O) groups excluding carboxylic acids is 1. The van der Waals surface area contributed by atoms with E-state index in [1.165, 1.54) is 11.1 Å². The lowest BCUT2D eigenvalue weighted by Crippen LogP contribution is -2.29. The molecule has 0 bridgehead atoms. The number of cyclic esters (lactones) is 1. The van der Waals surface area contributed by atoms with Crippen molar-refractivity contribution in [3.63, 3.8) is 0 Å². The summed E-state index contributed by atoms with van der Waals surface area (Å²) in [6.45, 7) is 7.02. The van der Waals surface area contributed by atoms with E-state index in [1.807, 2.05) is 6.08 Å². The van der Waals surface area contributed by atoms with E-state index in [0.717, 1.165) is 13.0 Å². The molecule has 2 aliphatic heterocycles. The van der Waals surface area contributed by atoms with Gasteiger partial charge in [0.15, 0.2) is 0 Å². The number of nitrogens with zero attached hydrogens (tertiary/aromatic N) is 1. The second-order valence-electron chi connectivity index (χ2n) is 3.50. The second-order valence-corrected chi connectivity index (χ2v) is 3.50. The molecule has 2 heterocycles. The first-order valence-corrected chi connectivity index (χ1v) is 4.47. The van der Waals surface area contributed by atoms with Gasteiger partial charge in [-0.2, -0.15) is 0 Å². The number of allylic oxidation sites excluding steroid dienone is 1. The van der Waals surface area contributed by atoms with Crippen LogP contribution in [-0.4, -0.2) is 30.2 Å². The SMILES string of the molecule is C=CCC1=C(C)C2COC(=O)N2C1. The van der Waals surface area contributed by atoms with Gasteiger partial charge in [-0.15, -0.1) is 6.58 Å². The van der Waals surface area contributed by atoms with Crippen LogP contribution in [-0.2, 0) is 4.74 Å². The molecule has 0 aliphatic carbocycles. The fourth-order valence-corrected chi connectivity index (χ4v) is 1.95. The summed E-state index contributed by atoms with van der Waals surface area (Å²) in [6, 6.07) is 0.197. The van der Waals surface area contributed by atoms with Crippen LogP contribution in [0.5, 0.6) is 0 Å². The van der Waals surface area contributed by atoms with Crippen LogP contribution in [0.2, 0.25) is 0 Å². The van der Waals surface area contributed by atoms with E-state index in [0.29, 0.717) is 6.61 Å². The Morgan fingerprint density at radius 1 is 1.77 bits per heavy atom. The highest BCUT2D eigenvalue weighted by Crippen LogP contribution is 2.30. The molecule has 1 fully saturated rings. The molecular formula is C10H13NO2. The highest BCUT2D eigenvalue weighted by Gasteiger charge is 2.39. The molecular weight excluding hydrogens is 166 g/mol. The third-order valence-corrected chi connectivity index (χ3v) is 2.78. The molecule has 1 unspecified atom stereocenters. The van der Waals surface area contributed by atoms with Gasteiger partial charge in [-0.3, -0.25) is 4.90 Å². The molecule has 3 nitrogen and oxygen atoms in total. The zero-order chi connectivity index (χ0) is 9.42. The Bertz CT molecular complexity index is 293. The van der Waals surface area contributed by atoms with E-state index < -0.39 is 0 Å². The van der Waals surface area contributed by atoms with Gasteiger partial charge >= 0.3 is 6.09 Å². The molecule has 0 aromatic carbocycles. The maximum atomic E-state index is 11.2. The van der Waals surface area contributed by atoms with Crippen molar-refractivity contribution in [3.8, 4) is 0 Å². The van der Waals surface area contributed by atoms with Crippen LogP contribution < -0.4 is 0 Å². The summed E-state index contributed by atoms with van der Waals surface area (Å²) in [6.07, 6.45) is 2.58. The van der Waals surface area contributed by atoms with Crippen molar-refractivity contribution in [2.24, 2.45) is 0 Å². The van der Waals surface area contributed by atoms with Gasteiger partial charge in [0.25, 0.3) is 0 Å². The van der Waals surface area contributed by atoms with Crippen molar-refractivity contribution in [1.29, 1.82) is 0 Å². The van der Waals surface area contributed by atoms with E-state index in [1.54, 1.807) is 4.90 Å². The van der Waals surface area contributed by atoms with E-state index in [2.05, 4.69) is 13.5 Å². The Kier molecular flexibility index (Phi) is 1.87. The Morgan fingerprint density at radius 3 is 3.15 bits per heavy atom. The Morgan fingerprint density at radius 2 is 2.54 bits per heavy atom. The van der Waals surface area contributed by atoms with Crippen LogP contribution in [0.25, 0.3) is 0 Å². The smallest absolute Gasteiger partial charge is 0.410 e. The van der Waals surface area contributed by atoms with Crippen molar-refractivity contribution in [1.82, 2.24) is 4.90 Å². The summed E-state index contributed by atoms with van der Waals surface area (Å²) in [4.78, 5) is 13.0. The molecule has 1 atom stereocenters. The van der Waals surface area contributed by atoms with Gasteiger partial charge in [-0.25, -0.2) is 4.79 Å². The monoisotopic (exact) mass is 179 g/mol. The molecule has 0 radical (unpaired) electrons. The lowest BCUT2D eigenvalue weighted by atomic mass is 10.1. The van der Waals surface area contributed by atoms with Crippen LogP contribution in [0.4, 0.5) is 4.79 Å². The third kappa shape index (κ3) is 1.15. The fourth-order valence-electron chi connectivity index (χ4n) is 1.95. The lowest BCUT2D eigenvalue weighted by molar-refractivity contribution is 0.160. The zero-order valence-corrected chi connectivity index (χ0v) is 7.75. The zero-order valence-electron chi connectivity index (χ0n) is 7.75. The molecule has 0 aromatic heterocycles. The van der Waals surface area contributed by atoms with Crippen LogP contribution in [0.3, 0.4) is 0 Å². The molecule has 0 N–H and O–H groups in total. The summed E-state index contributed by atoms with van der Waals surface area (Å²) in [7, 11) is 0. The van der Waals surface area contributed by atoms with Crippen molar-refractivity contribution < 1.29 is 9.53 Å². The molecule has 13 heavy (non-hydrogen) atoms. The van der Waals surface area contributed by atoms with Gasteiger partial charge in [0.1, 0.15) is 6.61 Å². The van der Waals surface area contributed by atoms with Gasteiger partial charge in [0, 0.05) is 6.54 Å². The van der Waals surface area contributed by atoms with E-state index in [9.17, 15) is 4.79 Å². The topological polar surface area (TPSA) is 29.5 Å². The first-order chi connectivity index (χ1) is 6.24. The quantitative estimate of drug-likeness (QED) is 0.604. The fraction of sp³-hybridized carbons (Fsp3) is 0.500. The lowest BCUT2D eigenvalue weighted by Gasteiger charge is -2.11. The van der Waals surface area contributed by atoms with Crippen molar-refractivity contribution >= 4 is 6.09 Å². The summed E-state index contributed by atoms with van der Waals surface area (Å²) >= 11 is 0. The number of hydrogen-bond acceptors (Lipinski definition) is 2. The Balaban J connectivity index is 2.20. The number of fused-ring (bicyclic) bond motifs is 1. The summed E-state index contributed by atoms with van der Waals surface area (Å²) in [5.74, 6) is 0. The number of carbonyl (C=O) groups is 1. The molecule has 0 spiro atoms. The second kappa shape index (κ2) is 2.91. The van der Waals surface area contributed by atoms with Gasteiger partial charge in [-0.1, -0.05) is 6.08 Å². The van der Waals surface area contributed by atoms with E-state index in [4.69, 9.17) is 4.74 Å². The molecule has 0 aromatic rings. The number of rotatable bonds is 2. The maximum Gasteiger partial charge on any atom is 0.410 e. The molecule has 70 valence electrons. The average Bonchev–Trinajstić information content (AvgIpc) is 2.59. The summed E-state index contributed by atoms with van der Waals surface area (Å²) < 4.78 is 4.94. The van der Waals surface area contributed by atoms with Crippen LogP contribution in [0, 0.1) is 0 Å². The number of hydrogen-bond donors (Lipinski definition) is 0. The first-order valence-electron chi connectivity index (χ1n) is 4.47. The Hall–Kier alpha value is -1.25. The molecule has 2 rings (SSSR count). The predicted molar refractivity (Wildman–Crippen MR) is 49.4 cm³/mol. The average molecular weight is 179 g/mol. The largest absolute Gasteiger partial charge is 0.447 e. The standard InChI is InChI=1S/C10H13NO2/c1-3-4-8-5-11-9(7(8)2)6-13-10(11)12/h3,9H,1,4-6H2,2H3. The van der Waals surface area contributed by atoms with Crippen molar-refractivity contribution in [2.45, 2.75) is 19.4 Å². The minimum Gasteiger partial charge on any atom is -0.447 e. The normalized spacial score (nSPS) is 26.4. The highest BCUT2D eigenvalue weighted by molar-refractivity contribution is 5.72. The van der Waals surface area contributed by atoms with Crippen LogP contribution >= 0.6 is 0 Å². The summed E-state index contributed by atoms with van der Waals surface area (Å²) in [5.41, 5.74) is 2.60. The predicted octanol–water partition coefficient (Wildman–Crippen LogP) is 1.71. The van der Waals surface area contributed by atoms with Gasteiger partial charge in [0.05, 0.1) is 6.04 Å². The van der Waals surface area contributed by atoms with Gasteiger partial charge in [-0.05, 0) is 24.5 Å². The van der Waals surface area contributed by atoms with Crippen molar-refractivity contribution in [3.05, 3.63) is 23.8 Å². The molecule has 0 saturated carbocycles. The van der Waals surface area contributed by atoms with Crippen LogP contribution in [0.15, 0.2) is 23.8 Å². The molecule has 2 aliphatic rings. The molecule has 1 saturated heterocycles. The minimum atomic E-state index is -0.177. The van der Waals surface area contributed by atoms with E-state index >= 15 is 0 Å². The first kappa shape index (κ1) is 8.35. The Labute approximate surface area is 77.7 Å². The van der Waals surface area contributed by atoms with Crippen LogP contribution in [0.1, 0.15) is 13.3 Å². The molecule has 1 amide bonds. The maximum absolute atomic E-state index is 11.2. The van der Waals surface area contributed by atoms with E-state index in [-0.39, 0.29) is 12.1 Å². The third-order valence-electron chi connectivity index (χ3n) is 2.78. The van der Waals surface area contributed by atoms with Gasteiger partial charge in [0.2, 0.25) is 0 Å².